The van der Waals surface area contributed by atoms with Gasteiger partial charge in [-0.05, 0) is 33.8 Å². The lowest BCUT2D eigenvalue weighted by molar-refractivity contribution is -0.122. The van der Waals surface area contributed by atoms with Crippen LogP contribution in [0.5, 0.6) is 0 Å². The third kappa shape index (κ3) is 2.69. The third-order valence-electron chi connectivity index (χ3n) is 3.27. The van der Waals surface area contributed by atoms with Crippen LogP contribution in [-0.2, 0) is 4.79 Å². The van der Waals surface area contributed by atoms with Gasteiger partial charge in [-0.15, -0.1) is 11.3 Å². The first kappa shape index (κ1) is 15.2. The highest BCUT2D eigenvalue weighted by atomic mass is 32.1. The zero-order valence-corrected chi connectivity index (χ0v) is 13.2. The molecule has 2 amide bonds. The molecule has 0 saturated carbocycles. The van der Waals surface area contributed by atoms with E-state index in [0.29, 0.717) is 10.6 Å². The number of nitrogen functional groups attached to an aromatic ring is 1. The molecule has 6 nitrogen and oxygen atoms in total. The zero-order valence-electron chi connectivity index (χ0n) is 12.4. The van der Waals surface area contributed by atoms with E-state index < -0.39 is 17.4 Å². The van der Waals surface area contributed by atoms with Crippen molar-refractivity contribution < 1.29 is 9.59 Å². The molecule has 21 heavy (non-hydrogen) atoms. The average molecular weight is 306 g/mol. The van der Waals surface area contributed by atoms with Crippen molar-refractivity contribution in [2.45, 2.75) is 33.2 Å². The van der Waals surface area contributed by atoms with Crippen molar-refractivity contribution in [1.29, 1.82) is 0 Å². The molecule has 2 heterocycles. The first-order valence-corrected chi connectivity index (χ1v) is 7.23. The smallest absolute Gasteiger partial charge is 0.264 e. The molecule has 5 N–H and O–H groups in total. The van der Waals surface area contributed by atoms with Crippen LogP contribution >= 0.6 is 11.3 Å². The molecule has 0 radical (unpaired) electrons. The molecular formula is C14H18N4O2S. The van der Waals surface area contributed by atoms with E-state index in [1.54, 1.807) is 13.8 Å². The van der Waals surface area contributed by atoms with Crippen LogP contribution in [-0.4, -0.2) is 22.3 Å². The van der Waals surface area contributed by atoms with Crippen molar-refractivity contribution in [2.24, 2.45) is 5.73 Å². The van der Waals surface area contributed by atoms with Crippen LogP contribution in [0.4, 0.5) is 5.69 Å². The number of nitrogens with two attached hydrogens (primary N) is 2. The fourth-order valence-corrected chi connectivity index (χ4v) is 3.22. The Labute approximate surface area is 126 Å². The van der Waals surface area contributed by atoms with Crippen LogP contribution in [0.15, 0.2) is 6.07 Å². The van der Waals surface area contributed by atoms with E-state index in [-0.39, 0.29) is 0 Å². The fourth-order valence-electron chi connectivity index (χ4n) is 2.05. The number of carbonyl (C=O) groups excluding carboxylic acids is 2. The largest absolute Gasteiger partial charge is 0.397 e. The highest BCUT2D eigenvalue weighted by Gasteiger charge is 2.29. The van der Waals surface area contributed by atoms with Crippen LogP contribution < -0.4 is 16.8 Å². The monoisotopic (exact) mass is 306 g/mol. The number of rotatable bonds is 3. The van der Waals surface area contributed by atoms with Crippen molar-refractivity contribution in [3.63, 3.8) is 0 Å². The zero-order chi connectivity index (χ0) is 15.9. The molecule has 2 aromatic rings. The summed E-state index contributed by atoms with van der Waals surface area (Å²) in [6.45, 7) is 6.84. The molecule has 0 aliphatic rings. The number of anilines is 1. The first-order chi connectivity index (χ1) is 9.63. The minimum Gasteiger partial charge on any atom is -0.397 e. The highest BCUT2D eigenvalue weighted by Crippen LogP contribution is 2.35. The first-order valence-electron chi connectivity index (χ1n) is 6.42. The molecule has 0 aliphatic heterocycles. The van der Waals surface area contributed by atoms with Crippen LogP contribution in [0.2, 0.25) is 0 Å². The van der Waals surface area contributed by atoms with Gasteiger partial charge in [0.15, 0.2) is 0 Å². The molecule has 0 saturated heterocycles. The van der Waals surface area contributed by atoms with Gasteiger partial charge in [0, 0.05) is 21.5 Å². The van der Waals surface area contributed by atoms with Gasteiger partial charge in [-0.2, -0.15) is 0 Å². The SMILES string of the molecule is Cc1cc2sc(C(=O)NC(C)(C)C(N)=O)c(N)c2c(C)n1. The molecule has 0 bridgehead atoms. The van der Waals surface area contributed by atoms with Crippen LogP contribution in [0.1, 0.15) is 34.9 Å². The van der Waals surface area contributed by atoms with Gasteiger partial charge in [0.2, 0.25) is 5.91 Å². The lowest BCUT2D eigenvalue weighted by Crippen LogP contribution is -2.52. The minimum absolute atomic E-state index is 0.370. The van der Waals surface area contributed by atoms with Gasteiger partial charge in [-0.25, -0.2) is 0 Å². The number of aryl methyl sites for hydroxylation is 2. The second-order valence-electron chi connectivity index (χ2n) is 5.51. The number of hydrogen-bond acceptors (Lipinski definition) is 5. The number of pyridine rings is 1. The summed E-state index contributed by atoms with van der Waals surface area (Å²) in [5.74, 6) is -1.02. The van der Waals surface area contributed by atoms with E-state index >= 15 is 0 Å². The fraction of sp³-hybridized carbons (Fsp3) is 0.357. The standard InChI is InChI=1S/C14H18N4O2S/c1-6-5-8-9(7(2)17-6)10(15)11(21-8)12(19)18-14(3,4)13(16)20/h5H,15H2,1-4H3,(H2,16,20)(H,18,19). The molecule has 7 heteroatoms. The quantitative estimate of drug-likeness (QED) is 0.797. The predicted octanol–water partition coefficient (Wildman–Crippen LogP) is 1.49. The van der Waals surface area contributed by atoms with E-state index in [9.17, 15) is 9.59 Å². The van der Waals surface area contributed by atoms with E-state index in [1.807, 2.05) is 19.9 Å². The maximum Gasteiger partial charge on any atom is 0.264 e. The van der Waals surface area contributed by atoms with Gasteiger partial charge < -0.3 is 16.8 Å². The average Bonchev–Trinajstić information content (AvgIpc) is 2.65. The van der Waals surface area contributed by atoms with Crippen molar-refractivity contribution in [3.05, 3.63) is 22.3 Å². The molecule has 2 aromatic heterocycles. The Morgan fingerprint density at radius 2 is 1.95 bits per heavy atom. The summed E-state index contributed by atoms with van der Waals surface area (Å²) < 4.78 is 0.902. The molecule has 0 unspecified atom stereocenters. The maximum atomic E-state index is 12.3. The van der Waals surface area contributed by atoms with Gasteiger partial charge in [0.25, 0.3) is 5.91 Å². The molecule has 112 valence electrons. The Morgan fingerprint density at radius 1 is 1.33 bits per heavy atom. The van der Waals surface area contributed by atoms with Crippen LogP contribution in [0, 0.1) is 13.8 Å². The number of primary amides is 1. The number of nitrogens with zero attached hydrogens (tertiary/aromatic N) is 1. The predicted molar refractivity (Wildman–Crippen MR) is 84.2 cm³/mol. The number of hydrogen-bond donors (Lipinski definition) is 3. The summed E-state index contributed by atoms with van der Waals surface area (Å²) in [6.07, 6.45) is 0. The summed E-state index contributed by atoms with van der Waals surface area (Å²) in [4.78, 5) is 28.4. The molecule has 0 aliphatic carbocycles. The molecule has 0 atom stereocenters. The number of aromatic nitrogens is 1. The highest BCUT2D eigenvalue weighted by molar-refractivity contribution is 7.21. The van der Waals surface area contributed by atoms with Gasteiger partial charge >= 0.3 is 0 Å². The van der Waals surface area contributed by atoms with Crippen molar-refractivity contribution in [2.75, 3.05) is 5.73 Å². The van der Waals surface area contributed by atoms with Crippen molar-refractivity contribution in [3.8, 4) is 0 Å². The van der Waals surface area contributed by atoms with E-state index in [0.717, 1.165) is 21.5 Å². The molecule has 0 spiro atoms. The lowest BCUT2D eigenvalue weighted by Gasteiger charge is -2.21. The summed E-state index contributed by atoms with van der Waals surface area (Å²) in [5, 5.41) is 3.39. The summed E-state index contributed by atoms with van der Waals surface area (Å²) in [5.41, 5.74) is 12.2. The Morgan fingerprint density at radius 3 is 2.52 bits per heavy atom. The van der Waals surface area contributed by atoms with E-state index in [4.69, 9.17) is 11.5 Å². The number of nitrogens with one attached hydrogen (secondary N) is 1. The number of amides is 2. The molecule has 2 rings (SSSR count). The minimum atomic E-state index is -1.14. The Hall–Kier alpha value is -2.15. The molecule has 0 fully saturated rings. The number of carbonyl (C=O) groups is 2. The Kier molecular flexibility index (Phi) is 3.63. The maximum absolute atomic E-state index is 12.3. The van der Waals surface area contributed by atoms with Crippen molar-refractivity contribution in [1.82, 2.24) is 10.3 Å². The third-order valence-corrected chi connectivity index (χ3v) is 4.42. The van der Waals surface area contributed by atoms with E-state index in [1.165, 1.54) is 11.3 Å². The normalized spacial score (nSPS) is 11.6. The van der Waals surface area contributed by atoms with Gasteiger partial charge in [-0.3, -0.25) is 14.6 Å². The number of thiophene rings is 1. The summed E-state index contributed by atoms with van der Waals surface area (Å²) in [7, 11) is 0. The summed E-state index contributed by atoms with van der Waals surface area (Å²) >= 11 is 1.28. The van der Waals surface area contributed by atoms with Gasteiger partial charge in [0.05, 0.1) is 5.69 Å². The lowest BCUT2D eigenvalue weighted by atomic mass is 10.1. The molecule has 0 aromatic carbocycles. The van der Waals surface area contributed by atoms with Crippen LogP contribution in [0.3, 0.4) is 0 Å². The van der Waals surface area contributed by atoms with Crippen LogP contribution in [0.25, 0.3) is 10.1 Å². The Bertz CT molecular complexity index is 749. The second-order valence-corrected chi connectivity index (χ2v) is 6.56. The van der Waals surface area contributed by atoms with Gasteiger partial charge in [0.1, 0.15) is 10.4 Å². The Balaban J connectivity index is 2.48. The number of fused-ring (bicyclic) bond motifs is 1. The topological polar surface area (TPSA) is 111 Å². The second kappa shape index (κ2) is 5.00. The van der Waals surface area contributed by atoms with E-state index in [2.05, 4.69) is 10.3 Å². The van der Waals surface area contributed by atoms with Crippen molar-refractivity contribution >= 4 is 38.9 Å². The van der Waals surface area contributed by atoms with Gasteiger partial charge in [-0.1, -0.05) is 0 Å². The molecular weight excluding hydrogens is 288 g/mol. The summed E-state index contributed by atoms with van der Waals surface area (Å²) in [6, 6.07) is 1.89.